The summed E-state index contributed by atoms with van der Waals surface area (Å²) in [5, 5.41) is 11.5. The van der Waals surface area contributed by atoms with Gasteiger partial charge in [0.2, 0.25) is 0 Å². The second-order valence-electron chi connectivity index (χ2n) is 7.45. The van der Waals surface area contributed by atoms with Gasteiger partial charge >= 0.3 is 5.97 Å². The van der Waals surface area contributed by atoms with E-state index < -0.39 is 5.97 Å². The standard InChI is InChI=1S/C20H24N2O5/c1-12(9-17(23)24)11-21-18(25)13-7-8-15-16(10-13)20(27)22(19(15)26)14-5-3-2-4-6-14/h7-8,10,12,14H,2-6,9,11H2,1H3,(H,21,25)(H,23,24). The van der Waals surface area contributed by atoms with Gasteiger partial charge in [-0.2, -0.15) is 0 Å². The van der Waals surface area contributed by atoms with Crippen molar-refractivity contribution in [3.63, 3.8) is 0 Å². The summed E-state index contributed by atoms with van der Waals surface area (Å²) in [6.45, 7) is 1.96. The number of nitrogens with one attached hydrogen (secondary N) is 1. The van der Waals surface area contributed by atoms with E-state index in [9.17, 15) is 19.2 Å². The smallest absolute Gasteiger partial charge is 0.303 e. The minimum absolute atomic E-state index is 0.0339. The molecule has 1 aromatic rings. The maximum atomic E-state index is 12.8. The third-order valence-corrected chi connectivity index (χ3v) is 5.25. The molecule has 0 radical (unpaired) electrons. The van der Waals surface area contributed by atoms with Gasteiger partial charge in [0.05, 0.1) is 11.1 Å². The SMILES string of the molecule is CC(CNC(=O)c1ccc2c(c1)C(=O)N(C1CCCCC1)C2=O)CC(=O)O. The number of carboxylic acids is 1. The number of carbonyl (C=O) groups is 4. The van der Waals surface area contributed by atoms with E-state index in [0.29, 0.717) is 11.1 Å². The molecule has 0 aromatic heterocycles. The average molecular weight is 372 g/mol. The Balaban J connectivity index is 1.71. The van der Waals surface area contributed by atoms with Crippen molar-refractivity contribution in [2.75, 3.05) is 6.54 Å². The molecule has 0 bridgehead atoms. The fourth-order valence-electron chi connectivity index (χ4n) is 3.81. The van der Waals surface area contributed by atoms with Crippen LogP contribution < -0.4 is 5.32 Å². The van der Waals surface area contributed by atoms with Gasteiger partial charge < -0.3 is 10.4 Å². The summed E-state index contributed by atoms with van der Waals surface area (Å²) in [5.41, 5.74) is 0.918. The van der Waals surface area contributed by atoms with E-state index in [1.54, 1.807) is 6.92 Å². The van der Waals surface area contributed by atoms with E-state index in [-0.39, 0.29) is 48.2 Å². The number of benzene rings is 1. The molecule has 1 saturated carbocycles. The number of rotatable bonds is 6. The van der Waals surface area contributed by atoms with Crippen molar-refractivity contribution in [3.05, 3.63) is 34.9 Å². The minimum Gasteiger partial charge on any atom is -0.481 e. The van der Waals surface area contributed by atoms with Crippen molar-refractivity contribution in [3.8, 4) is 0 Å². The van der Waals surface area contributed by atoms with Crippen molar-refractivity contribution in [2.45, 2.75) is 51.5 Å². The topological polar surface area (TPSA) is 104 Å². The molecule has 7 nitrogen and oxygen atoms in total. The molecule has 3 amide bonds. The molecule has 1 atom stereocenters. The summed E-state index contributed by atoms with van der Waals surface area (Å²) in [6, 6.07) is 4.48. The van der Waals surface area contributed by atoms with Crippen LogP contribution in [0.4, 0.5) is 0 Å². The monoisotopic (exact) mass is 372 g/mol. The summed E-state index contributed by atoms with van der Waals surface area (Å²) in [4.78, 5) is 49.8. The lowest BCUT2D eigenvalue weighted by atomic mass is 9.94. The first kappa shape index (κ1) is 19.1. The summed E-state index contributed by atoms with van der Waals surface area (Å²) >= 11 is 0. The maximum Gasteiger partial charge on any atom is 0.303 e. The van der Waals surface area contributed by atoms with Gasteiger partial charge in [0, 0.05) is 24.6 Å². The van der Waals surface area contributed by atoms with E-state index in [0.717, 1.165) is 32.1 Å². The first-order valence-corrected chi connectivity index (χ1v) is 9.40. The predicted molar refractivity (Wildman–Crippen MR) is 97.6 cm³/mol. The number of amides is 3. The largest absolute Gasteiger partial charge is 0.481 e. The lowest BCUT2D eigenvalue weighted by Gasteiger charge is -2.29. The quantitative estimate of drug-likeness (QED) is 0.747. The minimum atomic E-state index is -0.916. The number of hydrogen-bond donors (Lipinski definition) is 2. The molecule has 2 aliphatic rings. The first-order chi connectivity index (χ1) is 12.9. The van der Waals surface area contributed by atoms with Gasteiger partial charge in [-0.3, -0.25) is 24.1 Å². The zero-order valence-corrected chi connectivity index (χ0v) is 15.4. The second kappa shape index (κ2) is 7.90. The van der Waals surface area contributed by atoms with Crippen LogP contribution in [-0.4, -0.2) is 46.3 Å². The molecule has 1 aliphatic carbocycles. The Labute approximate surface area is 157 Å². The number of fused-ring (bicyclic) bond motifs is 1. The normalized spacial score (nSPS) is 18.3. The summed E-state index contributed by atoms with van der Waals surface area (Å²) < 4.78 is 0. The fourth-order valence-corrected chi connectivity index (χ4v) is 3.81. The van der Waals surface area contributed by atoms with Crippen molar-refractivity contribution in [1.29, 1.82) is 0 Å². The molecule has 0 spiro atoms. The van der Waals surface area contributed by atoms with Crippen LogP contribution in [0, 0.1) is 5.92 Å². The lowest BCUT2D eigenvalue weighted by Crippen LogP contribution is -2.40. The maximum absolute atomic E-state index is 12.8. The van der Waals surface area contributed by atoms with Crippen LogP contribution in [0.15, 0.2) is 18.2 Å². The molecule has 1 fully saturated rings. The Bertz CT molecular complexity index is 783. The molecule has 27 heavy (non-hydrogen) atoms. The highest BCUT2D eigenvalue weighted by molar-refractivity contribution is 6.22. The zero-order chi connectivity index (χ0) is 19.6. The molecular formula is C20H24N2O5. The van der Waals surface area contributed by atoms with Gasteiger partial charge in [0.15, 0.2) is 0 Å². The number of hydrogen-bond acceptors (Lipinski definition) is 4. The van der Waals surface area contributed by atoms with Crippen LogP contribution in [0.2, 0.25) is 0 Å². The van der Waals surface area contributed by atoms with Crippen LogP contribution >= 0.6 is 0 Å². The second-order valence-corrected chi connectivity index (χ2v) is 7.45. The Morgan fingerprint density at radius 1 is 1.15 bits per heavy atom. The molecule has 0 saturated heterocycles. The lowest BCUT2D eigenvalue weighted by molar-refractivity contribution is -0.137. The highest BCUT2D eigenvalue weighted by Gasteiger charge is 2.40. The molecular weight excluding hydrogens is 348 g/mol. The Hall–Kier alpha value is -2.70. The highest BCUT2D eigenvalue weighted by atomic mass is 16.4. The first-order valence-electron chi connectivity index (χ1n) is 9.40. The van der Waals surface area contributed by atoms with E-state index in [2.05, 4.69) is 5.32 Å². The van der Waals surface area contributed by atoms with Crippen LogP contribution in [-0.2, 0) is 4.79 Å². The molecule has 1 unspecified atom stereocenters. The number of carbonyl (C=O) groups excluding carboxylic acids is 3. The Morgan fingerprint density at radius 3 is 2.48 bits per heavy atom. The van der Waals surface area contributed by atoms with Gasteiger partial charge in [0.25, 0.3) is 17.7 Å². The Morgan fingerprint density at radius 2 is 1.81 bits per heavy atom. The average Bonchev–Trinajstić information content (AvgIpc) is 2.90. The molecule has 144 valence electrons. The van der Waals surface area contributed by atoms with Crippen molar-refractivity contribution in [1.82, 2.24) is 10.2 Å². The summed E-state index contributed by atoms with van der Waals surface area (Å²) in [7, 11) is 0. The van der Waals surface area contributed by atoms with Gasteiger partial charge in [-0.25, -0.2) is 0 Å². The molecule has 1 aliphatic heterocycles. The van der Waals surface area contributed by atoms with Crippen molar-refractivity contribution < 1.29 is 24.3 Å². The van der Waals surface area contributed by atoms with Crippen LogP contribution in [0.1, 0.15) is 76.5 Å². The molecule has 2 N–H and O–H groups in total. The zero-order valence-electron chi connectivity index (χ0n) is 15.4. The van der Waals surface area contributed by atoms with E-state index in [1.165, 1.54) is 23.1 Å². The number of carboxylic acid groups (broad SMARTS) is 1. The number of nitrogens with zero attached hydrogens (tertiary/aromatic N) is 1. The summed E-state index contributed by atoms with van der Waals surface area (Å²) in [5.74, 6) is -2.10. The van der Waals surface area contributed by atoms with Gasteiger partial charge in [-0.1, -0.05) is 26.2 Å². The van der Waals surface area contributed by atoms with E-state index in [4.69, 9.17) is 5.11 Å². The van der Waals surface area contributed by atoms with Crippen molar-refractivity contribution in [2.24, 2.45) is 5.92 Å². The van der Waals surface area contributed by atoms with Crippen molar-refractivity contribution >= 4 is 23.7 Å². The third-order valence-electron chi connectivity index (χ3n) is 5.25. The van der Waals surface area contributed by atoms with Gasteiger partial charge in [0.1, 0.15) is 0 Å². The molecule has 1 heterocycles. The molecule has 1 aromatic carbocycles. The number of aliphatic carboxylic acids is 1. The summed E-state index contributed by atoms with van der Waals surface area (Å²) in [6.07, 6.45) is 4.79. The molecule has 3 rings (SSSR count). The Kier molecular flexibility index (Phi) is 5.58. The van der Waals surface area contributed by atoms with Gasteiger partial charge in [-0.05, 0) is 37.0 Å². The van der Waals surface area contributed by atoms with E-state index in [1.807, 2.05) is 0 Å². The molecule has 7 heteroatoms. The van der Waals surface area contributed by atoms with E-state index >= 15 is 0 Å². The van der Waals surface area contributed by atoms with Crippen LogP contribution in [0.3, 0.4) is 0 Å². The van der Waals surface area contributed by atoms with Crippen LogP contribution in [0.5, 0.6) is 0 Å². The highest BCUT2D eigenvalue weighted by Crippen LogP contribution is 2.31. The van der Waals surface area contributed by atoms with Gasteiger partial charge in [-0.15, -0.1) is 0 Å². The fraction of sp³-hybridized carbons (Fsp3) is 0.500. The predicted octanol–water partition coefficient (Wildman–Crippen LogP) is 2.46. The van der Waals surface area contributed by atoms with Crippen LogP contribution in [0.25, 0.3) is 0 Å². The third kappa shape index (κ3) is 4.02. The number of imide groups is 1.